The quantitative estimate of drug-likeness (QED) is 0.266. The molecular formula is C37H43ClF2N6O3. The number of rotatable bonds is 4. The zero-order valence-electron chi connectivity index (χ0n) is 28.4. The minimum absolute atomic E-state index is 0.000907. The summed E-state index contributed by atoms with van der Waals surface area (Å²) in [5.41, 5.74) is 2.86. The van der Waals surface area contributed by atoms with Crippen LogP contribution in [0, 0.1) is 5.41 Å². The Labute approximate surface area is 289 Å². The van der Waals surface area contributed by atoms with Crippen LogP contribution in [0.4, 0.5) is 19.3 Å². The van der Waals surface area contributed by atoms with Gasteiger partial charge in [0.25, 0.3) is 5.92 Å². The van der Waals surface area contributed by atoms with Crippen molar-refractivity contribution in [3.63, 3.8) is 0 Å². The van der Waals surface area contributed by atoms with E-state index in [9.17, 15) is 18.4 Å². The average molecular weight is 693 g/mol. The number of anilines is 1. The summed E-state index contributed by atoms with van der Waals surface area (Å²) in [5, 5.41) is 0.415. The largest absolute Gasteiger partial charge is 0.444 e. The van der Waals surface area contributed by atoms with Crippen LogP contribution >= 0.6 is 11.6 Å². The zero-order valence-corrected chi connectivity index (χ0v) is 29.1. The van der Waals surface area contributed by atoms with E-state index < -0.39 is 22.4 Å². The molecule has 0 unspecified atom stereocenters. The van der Waals surface area contributed by atoms with Crippen molar-refractivity contribution in [2.45, 2.75) is 114 Å². The molecule has 0 N–H and O–H groups in total. The number of aromatic nitrogens is 3. The van der Waals surface area contributed by atoms with Crippen LogP contribution in [0.3, 0.4) is 0 Å². The van der Waals surface area contributed by atoms with Gasteiger partial charge in [0.15, 0.2) is 5.15 Å². The number of nitrogens with zero attached hydrogens (tertiary/aromatic N) is 6. The zero-order chi connectivity index (χ0) is 34.1. The number of carbonyl (C=O) groups is 2. The molecule has 5 fully saturated rings. The Morgan fingerprint density at radius 1 is 1.02 bits per heavy atom. The van der Waals surface area contributed by atoms with Gasteiger partial charge in [-0.1, -0.05) is 23.7 Å². The molecule has 260 valence electrons. The highest BCUT2D eigenvalue weighted by molar-refractivity contribution is 6.34. The van der Waals surface area contributed by atoms with E-state index in [1.54, 1.807) is 4.90 Å². The van der Waals surface area contributed by atoms with Crippen molar-refractivity contribution in [1.29, 1.82) is 0 Å². The highest BCUT2D eigenvalue weighted by Crippen LogP contribution is 2.65. The second-order valence-corrected chi connectivity index (χ2v) is 16.9. The Morgan fingerprint density at radius 3 is 2.43 bits per heavy atom. The standard InChI is InChI=1S/C37H43ClF2N6O3/c1-34(2,3)49-33(48)43-13-10-36(11-14-43)26-8-5-22(27-18-28-30(31(38)42-27)45(21-41-28)23-6-7-23)15-29(26)46(32(36)47)25-16-24(17-25)44-12-4-9-35(20-44)19-37(35,39)40/h5,8,15,18,21,23-25H,4,6-7,9-14,16-17,19-20H2,1-3H3/t24?,25?,35-/m0/s1. The molecular weight excluding hydrogens is 650 g/mol. The summed E-state index contributed by atoms with van der Waals surface area (Å²) in [4.78, 5) is 43.1. The summed E-state index contributed by atoms with van der Waals surface area (Å²) in [6.45, 7) is 7.68. The first-order valence-electron chi connectivity index (χ1n) is 17.9. The highest BCUT2D eigenvalue weighted by atomic mass is 35.5. The third-order valence-electron chi connectivity index (χ3n) is 12.2. The van der Waals surface area contributed by atoms with Crippen LogP contribution in [-0.2, 0) is 14.9 Å². The van der Waals surface area contributed by atoms with Crippen molar-refractivity contribution in [2.24, 2.45) is 5.41 Å². The first-order chi connectivity index (χ1) is 23.3. The third-order valence-corrected chi connectivity index (χ3v) is 12.5. The highest BCUT2D eigenvalue weighted by Gasteiger charge is 2.71. The number of piperidine rings is 2. The van der Waals surface area contributed by atoms with E-state index in [1.807, 2.05) is 44.1 Å². The molecule has 49 heavy (non-hydrogen) atoms. The van der Waals surface area contributed by atoms with Crippen LogP contribution in [-0.4, -0.2) is 86.1 Å². The first kappa shape index (κ1) is 31.7. The van der Waals surface area contributed by atoms with Gasteiger partial charge >= 0.3 is 6.09 Å². The maximum Gasteiger partial charge on any atom is 0.410 e. The van der Waals surface area contributed by atoms with Crippen LogP contribution in [0.15, 0.2) is 30.6 Å². The molecule has 9 nitrogen and oxygen atoms in total. The molecule has 12 heteroatoms. The van der Waals surface area contributed by atoms with Gasteiger partial charge in [0, 0.05) is 55.4 Å². The fourth-order valence-corrected chi connectivity index (χ4v) is 9.44. The first-order valence-corrected chi connectivity index (χ1v) is 18.3. The molecule has 2 aromatic heterocycles. The van der Waals surface area contributed by atoms with Gasteiger partial charge in [-0.05, 0) is 96.4 Å². The van der Waals surface area contributed by atoms with Gasteiger partial charge < -0.3 is 19.1 Å². The summed E-state index contributed by atoms with van der Waals surface area (Å²) in [5.74, 6) is -2.48. The van der Waals surface area contributed by atoms with Crippen LogP contribution in [0.5, 0.6) is 0 Å². The second-order valence-electron chi connectivity index (χ2n) is 16.5. The molecule has 3 aliphatic carbocycles. The number of amides is 2. The summed E-state index contributed by atoms with van der Waals surface area (Å²) in [7, 11) is 0. The maximum absolute atomic E-state index is 14.7. The van der Waals surface area contributed by atoms with Crippen LogP contribution in [0.1, 0.15) is 90.2 Å². The Balaban J connectivity index is 1.02. The molecule has 0 bridgehead atoms. The number of carbonyl (C=O) groups excluding carboxylic acids is 2. The van der Waals surface area contributed by atoms with E-state index in [2.05, 4.69) is 26.6 Å². The number of hydrogen-bond donors (Lipinski definition) is 0. The molecule has 2 saturated heterocycles. The van der Waals surface area contributed by atoms with Gasteiger partial charge in [-0.2, -0.15) is 0 Å². The summed E-state index contributed by atoms with van der Waals surface area (Å²) in [6.07, 6.45) is 7.62. The Morgan fingerprint density at radius 2 is 1.76 bits per heavy atom. The van der Waals surface area contributed by atoms with Crippen LogP contribution in [0.25, 0.3) is 22.3 Å². The third kappa shape index (κ3) is 5.00. The van der Waals surface area contributed by atoms with Crippen LogP contribution < -0.4 is 4.90 Å². The predicted octanol–water partition coefficient (Wildman–Crippen LogP) is 7.35. The number of halogens is 3. The van der Waals surface area contributed by atoms with Gasteiger partial charge in [0.1, 0.15) is 11.1 Å². The van der Waals surface area contributed by atoms with Gasteiger partial charge in [-0.3, -0.25) is 9.69 Å². The lowest BCUT2D eigenvalue weighted by molar-refractivity contribution is -0.126. The Hall–Kier alpha value is -3.31. The Kier molecular flexibility index (Phi) is 6.85. The fraction of sp³-hybridized carbons (Fsp3) is 0.622. The number of fused-ring (bicyclic) bond motifs is 3. The number of hydrogen-bond acceptors (Lipinski definition) is 6. The molecule has 2 amide bonds. The lowest BCUT2D eigenvalue weighted by Crippen LogP contribution is -2.59. The van der Waals surface area contributed by atoms with Crippen LogP contribution in [0.2, 0.25) is 5.15 Å². The summed E-state index contributed by atoms with van der Waals surface area (Å²) in [6, 6.07) is 8.71. The van der Waals surface area contributed by atoms with E-state index in [1.165, 1.54) is 0 Å². The molecule has 3 aromatic rings. The van der Waals surface area contributed by atoms with Crippen molar-refractivity contribution in [3.8, 4) is 11.3 Å². The van der Waals surface area contributed by atoms with Crippen molar-refractivity contribution in [2.75, 3.05) is 31.1 Å². The molecule has 1 aromatic carbocycles. The summed E-state index contributed by atoms with van der Waals surface area (Å²) >= 11 is 6.78. The van der Waals surface area contributed by atoms with E-state index in [0.717, 1.165) is 66.5 Å². The maximum atomic E-state index is 14.7. The Bertz CT molecular complexity index is 1870. The van der Waals surface area contributed by atoms with E-state index in [0.29, 0.717) is 55.8 Å². The van der Waals surface area contributed by atoms with Crippen molar-refractivity contribution < 1.29 is 23.1 Å². The number of alkyl halides is 2. The van der Waals surface area contributed by atoms with Crippen molar-refractivity contribution in [3.05, 3.63) is 41.3 Å². The molecule has 1 atom stereocenters. The molecule has 3 saturated carbocycles. The predicted molar refractivity (Wildman–Crippen MR) is 182 cm³/mol. The van der Waals surface area contributed by atoms with Gasteiger partial charge in [0.05, 0.1) is 28.4 Å². The molecule has 5 heterocycles. The van der Waals surface area contributed by atoms with E-state index in [-0.39, 0.29) is 30.5 Å². The number of benzene rings is 1. The molecule has 9 rings (SSSR count). The lowest BCUT2D eigenvalue weighted by Gasteiger charge is -2.49. The van der Waals surface area contributed by atoms with Crippen molar-refractivity contribution in [1.82, 2.24) is 24.3 Å². The minimum atomic E-state index is -2.55. The van der Waals surface area contributed by atoms with E-state index in [4.69, 9.17) is 21.3 Å². The van der Waals surface area contributed by atoms with Gasteiger partial charge in [0.2, 0.25) is 5.91 Å². The van der Waals surface area contributed by atoms with Gasteiger partial charge in [-0.25, -0.2) is 23.5 Å². The molecule has 2 spiro atoms. The minimum Gasteiger partial charge on any atom is -0.444 e. The number of ether oxygens (including phenoxy) is 1. The number of imidazole rings is 1. The fourth-order valence-electron chi connectivity index (χ4n) is 9.16. The SMILES string of the molecule is CC(C)(C)OC(=O)N1CCC2(CC1)C(=O)N(C1CC(N3CCC[C@@]4(C3)CC4(F)F)C1)c1cc(-c3cc4ncn(C5CC5)c4c(Cl)n3)ccc12. The van der Waals surface area contributed by atoms with Gasteiger partial charge in [-0.15, -0.1) is 0 Å². The lowest BCUT2D eigenvalue weighted by atomic mass is 9.73. The number of likely N-dealkylation sites (tertiary alicyclic amines) is 2. The topological polar surface area (TPSA) is 83.8 Å². The normalized spacial score (nSPS) is 29.1. The monoisotopic (exact) mass is 692 g/mol. The van der Waals surface area contributed by atoms with Crippen molar-refractivity contribution >= 4 is 40.3 Å². The molecule has 0 radical (unpaired) electrons. The smallest absolute Gasteiger partial charge is 0.410 e. The summed E-state index contributed by atoms with van der Waals surface area (Å²) < 4.78 is 36.4. The molecule has 3 aliphatic heterocycles. The second kappa shape index (κ2) is 10.6. The molecule has 6 aliphatic rings. The van der Waals surface area contributed by atoms with E-state index >= 15 is 0 Å². The average Bonchev–Trinajstić information content (AvgIpc) is 3.88. The number of pyridine rings is 1.